The summed E-state index contributed by atoms with van der Waals surface area (Å²) in [4.78, 5) is 36.1. The number of unbranched alkanes of at least 4 members (excludes halogenated alkanes) is 1. The number of halogens is 3. The van der Waals surface area contributed by atoms with Gasteiger partial charge in [0.15, 0.2) is 5.69 Å². The molecule has 1 heterocycles. The van der Waals surface area contributed by atoms with Gasteiger partial charge >= 0.3 is 12.1 Å². The lowest BCUT2D eigenvalue weighted by molar-refractivity contribution is -0.192. The maximum absolute atomic E-state index is 12.6. The fourth-order valence-corrected chi connectivity index (χ4v) is 3.62. The van der Waals surface area contributed by atoms with Crippen molar-refractivity contribution >= 4 is 17.8 Å². The van der Waals surface area contributed by atoms with E-state index in [2.05, 4.69) is 60.1 Å². The molecule has 228 valence electrons. The first-order valence-corrected chi connectivity index (χ1v) is 13.2. The SMILES string of the molecule is C=CCCCOc1cc(C(=O)NCC)ccc1-n1cc(C(=O)NCCN(C(C)C)C(C)C)nn1.O=C(O)C(F)(F)F. The van der Waals surface area contributed by atoms with Crippen LogP contribution in [-0.4, -0.2) is 87.3 Å². The molecule has 2 rings (SSSR count). The summed E-state index contributed by atoms with van der Waals surface area (Å²) in [6.45, 7) is 16.4. The number of alkyl halides is 3. The Morgan fingerprint density at radius 2 is 1.78 bits per heavy atom. The molecule has 0 aliphatic rings. The Morgan fingerprint density at radius 1 is 1.15 bits per heavy atom. The van der Waals surface area contributed by atoms with Gasteiger partial charge in [0.1, 0.15) is 11.4 Å². The summed E-state index contributed by atoms with van der Waals surface area (Å²) < 4.78 is 39.2. The van der Waals surface area contributed by atoms with E-state index in [0.717, 1.165) is 19.4 Å². The lowest BCUT2D eigenvalue weighted by Crippen LogP contribution is -2.42. The van der Waals surface area contributed by atoms with E-state index in [4.69, 9.17) is 14.6 Å². The van der Waals surface area contributed by atoms with Crippen molar-refractivity contribution < 1.29 is 37.4 Å². The predicted molar refractivity (Wildman–Crippen MR) is 147 cm³/mol. The van der Waals surface area contributed by atoms with Crippen LogP contribution in [0.4, 0.5) is 13.2 Å². The lowest BCUT2D eigenvalue weighted by Gasteiger charge is -2.30. The van der Waals surface area contributed by atoms with Crippen molar-refractivity contribution in [2.75, 3.05) is 26.2 Å². The van der Waals surface area contributed by atoms with Crippen LogP contribution >= 0.6 is 0 Å². The number of allylic oxidation sites excluding steroid dienone is 1. The molecule has 1 aromatic carbocycles. The summed E-state index contributed by atoms with van der Waals surface area (Å²) in [6, 6.07) is 5.91. The molecule has 0 aliphatic carbocycles. The first-order valence-electron chi connectivity index (χ1n) is 13.2. The Kier molecular flexibility index (Phi) is 14.5. The van der Waals surface area contributed by atoms with E-state index < -0.39 is 12.1 Å². The number of carboxylic acids is 1. The minimum atomic E-state index is -5.08. The van der Waals surface area contributed by atoms with E-state index in [0.29, 0.717) is 48.8 Å². The van der Waals surface area contributed by atoms with E-state index in [9.17, 15) is 22.8 Å². The number of carbonyl (C=O) groups is 3. The highest BCUT2D eigenvalue weighted by Gasteiger charge is 2.38. The van der Waals surface area contributed by atoms with Crippen molar-refractivity contribution in [1.82, 2.24) is 30.5 Å². The number of nitrogens with zero attached hydrogens (tertiary/aromatic N) is 4. The van der Waals surface area contributed by atoms with Gasteiger partial charge in [0.05, 0.1) is 12.8 Å². The second kappa shape index (κ2) is 17.0. The monoisotopic (exact) mass is 584 g/mol. The van der Waals surface area contributed by atoms with Gasteiger partial charge in [-0.15, -0.1) is 11.7 Å². The normalized spacial score (nSPS) is 11.2. The summed E-state index contributed by atoms with van der Waals surface area (Å²) in [6.07, 6.45) is -0.0674. The van der Waals surface area contributed by atoms with Crippen LogP contribution in [0.1, 0.15) is 68.3 Å². The molecule has 0 bridgehead atoms. The van der Waals surface area contributed by atoms with Crippen molar-refractivity contribution in [3.63, 3.8) is 0 Å². The van der Waals surface area contributed by atoms with E-state index in [1.807, 2.05) is 13.0 Å². The van der Waals surface area contributed by atoms with Gasteiger partial charge in [-0.3, -0.25) is 14.5 Å². The van der Waals surface area contributed by atoms with Crippen LogP contribution in [-0.2, 0) is 4.79 Å². The van der Waals surface area contributed by atoms with Crippen LogP contribution in [0.3, 0.4) is 0 Å². The van der Waals surface area contributed by atoms with Gasteiger partial charge in [-0.1, -0.05) is 11.3 Å². The predicted octanol–water partition coefficient (Wildman–Crippen LogP) is 3.84. The smallest absolute Gasteiger partial charge is 0.490 e. The van der Waals surface area contributed by atoms with Gasteiger partial charge < -0.3 is 20.5 Å². The van der Waals surface area contributed by atoms with Crippen LogP contribution in [0.5, 0.6) is 5.75 Å². The fourth-order valence-electron chi connectivity index (χ4n) is 3.62. The average Bonchev–Trinajstić information content (AvgIpc) is 3.38. The van der Waals surface area contributed by atoms with Gasteiger partial charge in [0.25, 0.3) is 11.8 Å². The number of amides is 2. The molecule has 3 N–H and O–H groups in total. The topological polar surface area (TPSA) is 139 Å². The number of aromatic nitrogens is 3. The summed E-state index contributed by atoms with van der Waals surface area (Å²) in [5, 5.41) is 21.0. The minimum absolute atomic E-state index is 0.180. The number of hydrogen-bond acceptors (Lipinski definition) is 7. The van der Waals surface area contributed by atoms with Crippen molar-refractivity contribution in [2.24, 2.45) is 0 Å². The number of nitrogens with one attached hydrogen (secondary N) is 2. The zero-order valence-corrected chi connectivity index (χ0v) is 24.0. The highest BCUT2D eigenvalue weighted by atomic mass is 19.4. The largest absolute Gasteiger partial charge is 0.491 e. The van der Waals surface area contributed by atoms with Crippen LogP contribution in [0, 0.1) is 0 Å². The third-order valence-corrected chi connectivity index (χ3v) is 5.57. The standard InChI is InChI=1S/C25H38N6O3.C2HF3O2/c1-7-9-10-15-34-23-16-20(24(32)26-8-2)11-12-22(23)31-17-21(28-29-31)25(33)27-13-14-30(18(3)4)19(5)6;3-2(4,5)1(6)7/h7,11-12,16-19H,1,8-10,13-15H2,2-6H3,(H,26,32)(H,27,33);(H,6,7). The fraction of sp³-hybridized carbons (Fsp3) is 0.519. The molecular formula is C27H39F3N6O5. The van der Waals surface area contributed by atoms with Crippen LogP contribution < -0.4 is 15.4 Å². The highest BCUT2D eigenvalue weighted by molar-refractivity contribution is 5.95. The maximum atomic E-state index is 12.6. The Morgan fingerprint density at radius 3 is 2.32 bits per heavy atom. The number of hydrogen-bond donors (Lipinski definition) is 3. The lowest BCUT2D eigenvalue weighted by atomic mass is 10.1. The summed E-state index contributed by atoms with van der Waals surface area (Å²) in [5.41, 5.74) is 1.30. The second-order valence-electron chi connectivity index (χ2n) is 9.35. The number of benzene rings is 1. The molecule has 0 fully saturated rings. The summed E-state index contributed by atoms with van der Waals surface area (Å²) >= 11 is 0. The van der Waals surface area contributed by atoms with Crippen molar-refractivity contribution in [3.05, 3.63) is 48.3 Å². The molecule has 0 saturated carbocycles. The molecule has 0 unspecified atom stereocenters. The average molecular weight is 585 g/mol. The molecule has 0 saturated heterocycles. The molecule has 0 aliphatic heterocycles. The summed E-state index contributed by atoms with van der Waals surface area (Å²) in [7, 11) is 0. The van der Waals surface area contributed by atoms with Gasteiger partial charge in [-0.05, 0) is 65.7 Å². The van der Waals surface area contributed by atoms with Gasteiger partial charge in [-0.2, -0.15) is 13.2 Å². The highest BCUT2D eigenvalue weighted by Crippen LogP contribution is 2.25. The van der Waals surface area contributed by atoms with Gasteiger partial charge in [0.2, 0.25) is 0 Å². The molecule has 0 atom stereocenters. The molecule has 2 aromatic rings. The third kappa shape index (κ3) is 12.0. The van der Waals surface area contributed by atoms with Crippen LogP contribution in [0.2, 0.25) is 0 Å². The van der Waals surface area contributed by atoms with E-state index in [-0.39, 0.29) is 17.5 Å². The van der Waals surface area contributed by atoms with E-state index in [1.165, 1.54) is 4.68 Å². The second-order valence-corrected chi connectivity index (χ2v) is 9.35. The van der Waals surface area contributed by atoms with Crippen LogP contribution in [0.25, 0.3) is 5.69 Å². The zero-order valence-electron chi connectivity index (χ0n) is 24.0. The minimum Gasteiger partial charge on any atom is -0.491 e. The van der Waals surface area contributed by atoms with E-state index >= 15 is 0 Å². The third-order valence-electron chi connectivity index (χ3n) is 5.57. The van der Waals surface area contributed by atoms with Crippen molar-refractivity contribution in [2.45, 2.75) is 65.7 Å². The number of rotatable bonds is 14. The van der Waals surface area contributed by atoms with Crippen molar-refractivity contribution in [1.29, 1.82) is 0 Å². The molecule has 1 aromatic heterocycles. The molecular weight excluding hydrogens is 545 g/mol. The quantitative estimate of drug-likeness (QED) is 0.225. The first-order chi connectivity index (χ1) is 19.2. The number of carbonyl (C=O) groups excluding carboxylic acids is 2. The van der Waals surface area contributed by atoms with Crippen LogP contribution in [0.15, 0.2) is 37.1 Å². The molecule has 11 nitrogen and oxygen atoms in total. The number of ether oxygens (including phenoxy) is 1. The van der Waals surface area contributed by atoms with E-state index in [1.54, 1.807) is 24.4 Å². The molecule has 41 heavy (non-hydrogen) atoms. The number of carboxylic acid groups (broad SMARTS) is 1. The van der Waals surface area contributed by atoms with Gasteiger partial charge in [0, 0.05) is 37.3 Å². The Bertz CT molecular complexity index is 1140. The Labute approximate surface area is 237 Å². The van der Waals surface area contributed by atoms with Crippen molar-refractivity contribution in [3.8, 4) is 11.4 Å². The summed E-state index contributed by atoms with van der Waals surface area (Å²) in [5.74, 6) is -2.73. The maximum Gasteiger partial charge on any atom is 0.490 e. The van der Waals surface area contributed by atoms with Gasteiger partial charge in [-0.25, -0.2) is 9.48 Å². The first kappa shape index (κ1) is 35.1. The molecule has 2 amide bonds. The molecule has 14 heteroatoms. The Balaban J connectivity index is 0.00000106. The molecule has 0 radical (unpaired) electrons. The zero-order chi connectivity index (χ0) is 31.2. The number of aliphatic carboxylic acids is 1. The molecule has 0 spiro atoms. The Hall–Kier alpha value is -3.94.